The lowest BCUT2D eigenvalue weighted by molar-refractivity contribution is 0.671. The molecule has 3 nitrogen and oxygen atoms in total. The maximum absolute atomic E-state index is 5.37. The third-order valence-corrected chi connectivity index (χ3v) is 3.20. The van der Waals surface area contributed by atoms with Crippen LogP contribution < -0.4 is 5.73 Å². The molecule has 0 aliphatic carbocycles. The Kier molecular flexibility index (Phi) is 3.40. The van der Waals surface area contributed by atoms with Gasteiger partial charge in [0, 0.05) is 22.3 Å². The van der Waals surface area contributed by atoms with Gasteiger partial charge in [0.15, 0.2) is 0 Å². The molecule has 2 heterocycles. The van der Waals surface area contributed by atoms with Crippen LogP contribution in [0.4, 0.5) is 0 Å². The molecule has 0 spiro atoms. The van der Waals surface area contributed by atoms with Crippen molar-refractivity contribution in [2.24, 2.45) is 5.73 Å². The number of hydrogen-bond donors (Lipinski definition) is 1. The van der Waals surface area contributed by atoms with Gasteiger partial charge in [0.05, 0.1) is 13.1 Å². The van der Waals surface area contributed by atoms with E-state index < -0.39 is 0 Å². The Hall–Kier alpha value is -1.57. The van der Waals surface area contributed by atoms with E-state index in [1.54, 1.807) is 11.3 Å². The quantitative estimate of drug-likeness (QED) is 0.798. The molecule has 16 heavy (non-hydrogen) atoms. The Morgan fingerprint density at radius 1 is 1.50 bits per heavy atom. The zero-order chi connectivity index (χ0) is 11.4. The van der Waals surface area contributed by atoms with E-state index in [1.165, 1.54) is 4.88 Å². The maximum atomic E-state index is 5.37. The van der Waals surface area contributed by atoms with Crippen LogP contribution in [0, 0.1) is 18.8 Å². The summed E-state index contributed by atoms with van der Waals surface area (Å²) in [4.78, 5) is 1.23. The van der Waals surface area contributed by atoms with Gasteiger partial charge in [-0.05, 0) is 24.4 Å². The van der Waals surface area contributed by atoms with Crippen molar-refractivity contribution in [2.75, 3.05) is 6.54 Å². The SMILES string of the molecule is Cc1ccnn1Cc1sccc1C#CCN. The van der Waals surface area contributed by atoms with Crippen molar-refractivity contribution in [3.05, 3.63) is 39.8 Å². The molecule has 0 saturated heterocycles. The van der Waals surface area contributed by atoms with Crippen LogP contribution in [0.1, 0.15) is 16.1 Å². The summed E-state index contributed by atoms with van der Waals surface area (Å²) in [5, 5.41) is 6.31. The topological polar surface area (TPSA) is 43.8 Å². The number of hydrogen-bond acceptors (Lipinski definition) is 3. The standard InChI is InChI=1S/C12H13N3S/c1-10-4-7-14-15(10)9-12-11(3-2-6-13)5-8-16-12/h4-5,7-8H,6,9,13H2,1H3. The molecule has 0 unspecified atom stereocenters. The minimum atomic E-state index is 0.399. The third-order valence-electron chi connectivity index (χ3n) is 2.29. The molecule has 0 aromatic carbocycles. The molecule has 82 valence electrons. The summed E-state index contributed by atoms with van der Waals surface area (Å²) in [5.74, 6) is 5.96. The Labute approximate surface area is 98.9 Å². The molecule has 2 rings (SSSR count). The largest absolute Gasteiger partial charge is 0.320 e. The fourth-order valence-electron chi connectivity index (χ4n) is 1.42. The lowest BCUT2D eigenvalue weighted by Crippen LogP contribution is -2.03. The molecule has 4 heteroatoms. The van der Waals surface area contributed by atoms with E-state index in [0.717, 1.165) is 17.8 Å². The van der Waals surface area contributed by atoms with Crippen molar-refractivity contribution in [3.8, 4) is 11.8 Å². The second kappa shape index (κ2) is 4.97. The van der Waals surface area contributed by atoms with E-state index in [9.17, 15) is 0 Å². The molecule has 0 bridgehead atoms. The summed E-state index contributed by atoms with van der Waals surface area (Å²) < 4.78 is 1.97. The molecule has 0 radical (unpaired) electrons. The highest BCUT2D eigenvalue weighted by atomic mass is 32.1. The van der Waals surface area contributed by atoms with Crippen LogP contribution in [0.15, 0.2) is 23.7 Å². The van der Waals surface area contributed by atoms with Gasteiger partial charge >= 0.3 is 0 Å². The second-order valence-corrected chi connectivity index (χ2v) is 4.39. The monoisotopic (exact) mass is 231 g/mol. The van der Waals surface area contributed by atoms with Crippen LogP contribution >= 0.6 is 11.3 Å². The smallest absolute Gasteiger partial charge is 0.0767 e. The van der Waals surface area contributed by atoms with Crippen molar-refractivity contribution in [2.45, 2.75) is 13.5 Å². The van der Waals surface area contributed by atoms with Crippen molar-refractivity contribution in [3.63, 3.8) is 0 Å². The van der Waals surface area contributed by atoms with Gasteiger partial charge in [0.25, 0.3) is 0 Å². The van der Waals surface area contributed by atoms with Crippen LogP contribution in [-0.2, 0) is 6.54 Å². The number of thiophene rings is 1. The molecule has 2 N–H and O–H groups in total. The van der Waals surface area contributed by atoms with Crippen LogP contribution in [0.25, 0.3) is 0 Å². The van der Waals surface area contributed by atoms with Crippen molar-refractivity contribution in [1.82, 2.24) is 9.78 Å². The highest BCUT2D eigenvalue weighted by molar-refractivity contribution is 7.10. The maximum Gasteiger partial charge on any atom is 0.0767 e. The molecular formula is C12H13N3S. The van der Waals surface area contributed by atoms with Crippen LogP contribution in [-0.4, -0.2) is 16.3 Å². The number of rotatable bonds is 2. The van der Waals surface area contributed by atoms with Crippen LogP contribution in [0.2, 0.25) is 0 Å². The molecule has 0 saturated carbocycles. The molecular weight excluding hydrogens is 218 g/mol. The van der Waals surface area contributed by atoms with Crippen molar-refractivity contribution >= 4 is 11.3 Å². The average molecular weight is 231 g/mol. The second-order valence-electron chi connectivity index (χ2n) is 3.39. The zero-order valence-corrected chi connectivity index (χ0v) is 9.92. The zero-order valence-electron chi connectivity index (χ0n) is 9.10. The van der Waals surface area contributed by atoms with Gasteiger partial charge < -0.3 is 5.73 Å². The lowest BCUT2D eigenvalue weighted by Gasteiger charge is -2.02. The van der Waals surface area contributed by atoms with Gasteiger partial charge in [0.1, 0.15) is 0 Å². The summed E-state index contributed by atoms with van der Waals surface area (Å²) in [6, 6.07) is 4.03. The molecule has 0 amide bonds. The highest BCUT2D eigenvalue weighted by Gasteiger charge is 2.04. The minimum Gasteiger partial charge on any atom is -0.320 e. The number of nitrogens with zero attached hydrogens (tertiary/aromatic N) is 2. The van der Waals surface area contributed by atoms with E-state index >= 15 is 0 Å². The van der Waals surface area contributed by atoms with Gasteiger partial charge in [-0.25, -0.2) is 0 Å². The Morgan fingerprint density at radius 3 is 3.06 bits per heavy atom. The van der Waals surface area contributed by atoms with E-state index in [4.69, 9.17) is 5.73 Å². The fourth-order valence-corrected chi connectivity index (χ4v) is 2.23. The molecule has 2 aromatic rings. The molecule has 0 aliphatic heterocycles. The average Bonchev–Trinajstić information content (AvgIpc) is 2.87. The van der Waals surface area contributed by atoms with Gasteiger partial charge in [-0.15, -0.1) is 11.3 Å². The summed E-state index contributed by atoms with van der Waals surface area (Å²) in [5.41, 5.74) is 7.59. The third kappa shape index (κ3) is 2.32. The first-order valence-corrected chi connectivity index (χ1v) is 5.93. The Bertz CT molecular complexity index is 528. The number of aromatic nitrogens is 2. The van der Waals surface area contributed by atoms with Crippen molar-refractivity contribution in [1.29, 1.82) is 0 Å². The molecule has 0 fully saturated rings. The predicted molar refractivity (Wildman–Crippen MR) is 66.3 cm³/mol. The first-order chi connectivity index (χ1) is 7.81. The van der Waals surface area contributed by atoms with Gasteiger partial charge in [-0.1, -0.05) is 11.8 Å². The summed E-state index contributed by atoms with van der Waals surface area (Å²) in [7, 11) is 0. The van der Waals surface area contributed by atoms with E-state index in [1.807, 2.05) is 29.9 Å². The van der Waals surface area contributed by atoms with Crippen LogP contribution in [0.5, 0.6) is 0 Å². The summed E-state index contributed by atoms with van der Waals surface area (Å²) in [6.07, 6.45) is 1.81. The van der Waals surface area contributed by atoms with Gasteiger partial charge in [-0.2, -0.15) is 5.10 Å². The van der Waals surface area contributed by atoms with E-state index in [-0.39, 0.29) is 0 Å². The van der Waals surface area contributed by atoms with Gasteiger partial charge in [0.2, 0.25) is 0 Å². The Morgan fingerprint density at radius 2 is 2.38 bits per heavy atom. The lowest BCUT2D eigenvalue weighted by atomic mass is 10.2. The Balaban J connectivity index is 2.22. The summed E-state index contributed by atoms with van der Waals surface area (Å²) >= 11 is 1.70. The van der Waals surface area contributed by atoms with Crippen LogP contribution in [0.3, 0.4) is 0 Å². The minimum absolute atomic E-state index is 0.399. The molecule has 0 atom stereocenters. The number of aryl methyl sites for hydroxylation is 1. The fraction of sp³-hybridized carbons (Fsp3) is 0.250. The molecule has 2 aromatic heterocycles. The first-order valence-electron chi connectivity index (χ1n) is 5.05. The highest BCUT2D eigenvalue weighted by Crippen LogP contribution is 2.17. The summed E-state index contributed by atoms with van der Waals surface area (Å²) in [6.45, 7) is 3.23. The van der Waals surface area contributed by atoms with Gasteiger partial charge in [-0.3, -0.25) is 4.68 Å². The predicted octanol–water partition coefficient (Wildman–Crippen LogP) is 1.61. The number of nitrogens with two attached hydrogens (primary N) is 1. The van der Waals surface area contributed by atoms with E-state index in [2.05, 4.69) is 22.3 Å². The van der Waals surface area contributed by atoms with E-state index in [0.29, 0.717) is 6.54 Å². The van der Waals surface area contributed by atoms with Crippen molar-refractivity contribution < 1.29 is 0 Å². The first kappa shape index (κ1) is 10.9. The normalized spacial score (nSPS) is 9.88. The molecule has 0 aliphatic rings.